The predicted octanol–water partition coefficient (Wildman–Crippen LogP) is 2.98. The molecular weight excluding hydrogens is 313 g/mol. The Hall–Kier alpha value is -2.77. The molecule has 0 bridgehead atoms. The Morgan fingerprint density at radius 1 is 1.13 bits per heavy atom. The van der Waals surface area contributed by atoms with Crippen LogP contribution in [-0.2, 0) is 6.18 Å². The average Bonchev–Trinajstić information content (AvgIpc) is 2.51. The van der Waals surface area contributed by atoms with Gasteiger partial charge in [-0.15, -0.1) is 0 Å². The van der Waals surface area contributed by atoms with E-state index in [-0.39, 0.29) is 5.69 Å². The van der Waals surface area contributed by atoms with Crippen molar-refractivity contribution in [2.24, 2.45) is 0 Å². The Morgan fingerprint density at radius 2 is 1.87 bits per heavy atom. The van der Waals surface area contributed by atoms with E-state index >= 15 is 0 Å². The molecule has 1 heterocycles. The summed E-state index contributed by atoms with van der Waals surface area (Å²) in [6.45, 7) is 0. The SMILES string of the molecule is COc1ccc(OC)c(/C=C/c2cc(C(F)(F)F)[nH]c(=O)n2)c1. The van der Waals surface area contributed by atoms with E-state index in [1.54, 1.807) is 23.2 Å². The van der Waals surface area contributed by atoms with E-state index in [2.05, 4.69) is 4.98 Å². The Balaban J connectivity index is 2.41. The van der Waals surface area contributed by atoms with Crippen LogP contribution >= 0.6 is 0 Å². The second-order valence-corrected chi connectivity index (χ2v) is 4.46. The summed E-state index contributed by atoms with van der Waals surface area (Å²) < 4.78 is 48.3. The van der Waals surface area contributed by atoms with Crippen molar-refractivity contribution in [3.63, 3.8) is 0 Å². The summed E-state index contributed by atoms with van der Waals surface area (Å²) in [5.74, 6) is 1.06. The minimum absolute atomic E-state index is 0.119. The van der Waals surface area contributed by atoms with Gasteiger partial charge in [0, 0.05) is 5.56 Å². The van der Waals surface area contributed by atoms with Gasteiger partial charge in [-0.25, -0.2) is 4.79 Å². The van der Waals surface area contributed by atoms with Crippen molar-refractivity contribution in [1.29, 1.82) is 0 Å². The fourth-order valence-electron chi connectivity index (χ4n) is 1.86. The van der Waals surface area contributed by atoms with E-state index in [0.29, 0.717) is 17.1 Å². The van der Waals surface area contributed by atoms with E-state index in [4.69, 9.17) is 9.47 Å². The molecule has 23 heavy (non-hydrogen) atoms. The minimum Gasteiger partial charge on any atom is -0.497 e. The maximum absolute atomic E-state index is 12.7. The number of rotatable bonds is 4. The van der Waals surface area contributed by atoms with Crippen LogP contribution in [0.2, 0.25) is 0 Å². The maximum atomic E-state index is 12.7. The predicted molar refractivity (Wildman–Crippen MR) is 78.3 cm³/mol. The fourth-order valence-corrected chi connectivity index (χ4v) is 1.86. The van der Waals surface area contributed by atoms with Crippen molar-refractivity contribution in [2.75, 3.05) is 14.2 Å². The third kappa shape index (κ3) is 4.12. The molecule has 0 spiro atoms. The van der Waals surface area contributed by atoms with E-state index < -0.39 is 17.6 Å². The molecule has 0 radical (unpaired) electrons. The van der Waals surface area contributed by atoms with Crippen molar-refractivity contribution >= 4 is 12.2 Å². The highest BCUT2D eigenvalue weighted by atomic mass is 19.4. The molecule has 5 nitrogen and oxygen atoms in total. The monoisotopic (exact) mass is 326 g/mol. The number of methoxy groups -OCH3 is 2. The summed E-state index contributed by atoms with van der Waals surface area (Å²) in [5.41, 5.74) is -1.78. The second-order valence-electron chi connectivity index (χ2n) is 4.46. The summed E-state index contributed by atoms with van der Waals surface area (Å²) in [6.07, 6.45) is -1.87. The second kappa shape index (κ2) is 6.55. The molecule has 0 amide bonds. The first-order valence-corrected chi connectivity index (χ1v) is 6.42. The quantitative estimate of drug-likeness (QED) is 0.938. The zero-order chi connectivity index (χ0) is 17.0. The van der Waals surface area contributed by atoms with Crippen LogP contribution in [0.15, 0.2) is 29.1 Å². The lowest BCUT2D eigenvalue weighted by molar-refractivity contribution is -0.141. The van der Waals surface area contributed by atoms with E-state index in [1.165, 1.54) is 26.4 Å². The van der Waals surface area contributed by atoms with Crippen LogP contribution in [0.4, 0.5) is 13.2 Å². The number of hydrogen-bond donors (Lipinski definition) is 1. The summed E-state index contributed by atoms with van der Waals surface area (Å²) >= 11 is 0. The van der Waals surface area contributed by atoms with E-state index in [0.717, 1.165) is 6.07 Å². The minimum atomic E-state index is -4.65. The lowest BCUT2D eigenvalue weighted by Gasteiger charge is -2.07. The van der Waals surface area contributed by atoms with Crippen LogP contribution in [0.5, 0.6) is 11.5 Å². The van der Waals surface area contributed by atoms with Gasteiger partial charge in [0.25, 0.3) is 0 Å². The van der Waals surface area contributed by atoms with Crippen LogP contribution in [0.1, 0.15) is 17.0 Å². The number of alkyl halides is 3. The summed E-state index contributed by atoms with van der Waals surface area (Å²) in [7, 11) is 2.95. The van der Waals surface area contributed by atoms with Crippen molar-refractivity contribution in [1.82, 2.24) is 9.97 Å². The number of H-pyrrole nitrogens is 1. The van der Waals surface area contributed by atoms with Gasteiger partial charge in [-0.1, -0.05) is 0 Å². The van der Waals surface area contributed by atoms with Gasteiger partial charge in [0.05, 0.1) is 19.9 Å². The molecule has 0 aliphatic heterocycles. The molecule has 0 fully saturated rings. The molecule has 2 rings (SSSR count). The average molecular weight is 326 g/mol. The fraction of sp³-hybridized carbons (Fsp3) is 0.200. The number of benzene rings is 1. The van der Waals surface area contributed by atoms with Crippen molar-refractivity contribution < 1.29 is 22.6 Å². The molecule has 0 atom stereocenters. The number of halogens is 3. The molecule has 0 aliphatic carbocycles. The van der Waals surface area contributed by atoms with Crippen LogP contribution in [0.3, 0.4) is 0 Å². The first-order chi connectivity index (χ1) is 10.8. The van der Waals surface area contributed by atoms with E-state index in [1.807, 2.05) is 0 Å². The Bertz CT molecular complexity index is 782. The summed E-state index contributed by atoms with van der Waals surface area (Å²) in [5, 5.41) is 0. The molecular formula is C15H13F3N2O3. The molecule has 0 saturated carbocycles. The van der Waals surface area contributed by atoms with Crippen molar-refractivity contribution in [3.05, 3.63) is 51.7 Å². The lowest BCUT2D eigenvalue weighted by atomic mass is 10.1. The van der Waals surface area contributed by atoms with Gasteiger partial charge in [-0.05, 0) is 36.4 Å². The highest BCUT2D eigenvalue weighted by Gasteiger charge is 2.32. The maximum Gasteiger partial charge on any atom is 0.431 e. The molecule has 1 aromatic heterocycles. The van der Waals surface area contributed by atoms with Crippen LogP contribution in [-0.4, -0.2) is 24.2 Å². The normalized spacial score (nSPS) is 11.7. The lowest BCUT2D eigenvalue weighted by Crippen LogP contribution is -2.19. The summed E-state index contributed by atoms with van der Waals surface area (Å²) in [6, 6.07) is 5.74. The molecule has 122 valence electrons. The molecule has 0 saturated heterocycles. The van der Waals surface area contributed by atoms with Crippen LogP contribution < -0.4 is 15.2 Å². The zero-order valence-electron chi connectivity index (χ0n) is 12.3. The van der Waals surface area contributed by atoms with Crippen LogP contribution in [0.25, 0.3) is 12.2 Å². The number of aromatic nitrogens is 2. The number of ether oxygens (including phenoxy) is 2. The van der Waals surface area contributed by atoms with Gasteiger partial charge in [0.15, 0.2) is 0 Å². The molecule has 2 aromatic rings. The molecule has 1 N–H and O–H groups in total. The topological polar surface area (TPSA) is 64.2 Å². The molecule has 0 unspecified atom stereocenters. The van der Waals surface area contributed by atoms with Crippen molar-refractivity contribution in [2.45, 2.75) is 6.18 Å². The van der Waals surface area contributed by atoms with Gasteiger partial charge in [-0.2, -0.15) is 18.2 Å². The zero-order valence-corrected chi connectivity index (χ0v) is 12.3. The molecule has 0 aliphatic rings. The standard InChI is InChI=1S/C15H13F3N2O3/c1-22-11-5-6-12(23-2)9(7-11)3-4-10-8-13(15(16,17)18)20-14(21)19-10/h3-8H,1-2H3,(H,19,20,21)/b4-3+. The van der Waals surface area contributed by atoms with Gasteiger partial charge in [0.2, 0.25) is 0 Å². The van der Waals surface area contributed by atoms with E-state index in [9.17, 15) is 18.0 Å². The smallest absolute Gasteiger partial charge is 0.431 e. The molecule has 8 heteroatoms. The third-order valence-corrected chi connectivity index (χ3v) is 2.94. The highest BCUT2D eigenvalue weighted by molar-refractivity contribution is 5.72. The highest BCUT2D eigenvalue weighted by Crippen LogP contribution is 2.28. The van der Waals surface area contributed by atoms with Gasteiger partial charge >= 0.3 is 11.9 Å². The molecule has 1 aromatic carbocycles. The number of nitrogens with one attached hydrogen (secondary N) is 1. The van der Waals surface area contributed by atoms with Crippen LogP contribution in [0, 0.1) is 0 Å². The number of nitrogens with zero attached hydrogens (tertiary/aromatic N) is 1. The van der Waals surface area contributed by atoms with Gasteiger partial charge in [-0.3, -0.25) is 0 Å². The Morgan fingerprint density at radius 3 is 2.48 bits per heavy atom. The van der Waals surface area contributed by atoms with Gasteiger partial charge in [0.1, 0.15) is 17.2 Å². The number of aromatic amines is 1. The first-order valence-electron chi connectivity index (χ1n) is 6.42. The largest absolute Gasteiger partial charge is 0.497 e. The van der Waals surface area contributed by atoms with Crippen molar-refractivity contribution in [3.8, 4) is 11.5 Å². The Kier molecular flexibility index (Phi) is 4.73. The Labute approximate surface area is 129 Å². The number of hydrogen-bond acceptors (Lipinski definition) is 4. The summed E-state index contributed by atoms with van der Waals surface area (Å²) in [4.78, 5) is 16.4. The first kappa shape index (κ1) is 16.6. The van der Waals surface area contributed by atoms with Gasteiger partial charge < -0.3 is 14.5 Å². The third-order valence-electron chi connectivity index (χ3n) is 2.94.